The van der Waals surface area contributed by atoms with Crippen LogP contribution >= 0.6 is 0 Å². The lowest BCUT2D eigenvalue weighted by Gasteiger charge is -2.22. The summed E-state index contributed by atoms with van der Waals surface area (Å²) in [7, 11) is 0. The highest BCUT2D eigenvalue weighted by atomic mass is 19.1. The van der Waals surface area contributed by atoms with Crippen LogP contribution in [0.25, 0.3) is 0 Å². The van der Waals surface area contributed by atoms with Crippen molar-refractivity contribution in [2.75, 3.05) is 6.54 Å². The second-order valence-electron chi connectivity index (χ2n) is 8.09. The second kappa shape index (κ2) is 12.2. The van der Waals surface area contributed by atoms with Crippen LogP contribution in [-0.4, -0.2) is 23.8 Å². The van der Waals surface area contributed by atoms with Crippen LogP contribution in [-0.2, 0) is 29.2 Å². The van der Waals surface area contributed by atoms with Crippen molar-refractivity contribution < 1.29 is 19.1 Å². The highest BCUT2D eigenvalue weighted by molar-refractivity contribution is 5.66. The molecule has 166 valence electrons. The number of oxime groups is 1. The molecule has 0 bridgehead atoms. The maximum Gasteiger partial charge on any atom is 0.304 e. The zero-order chi connectivity index (χ0) is 21.9. The van der Waals surface area contributed by atoms with Crippen molar-refractivity contribution in [2.24, 2.45) is 5.16 Å². The van der Waals surface area contributed by atoms with Gasteiger partial charge in [-0.2, -0.15) is 0 Å². The number of rotatable bonds is 11. The van der Waals surface area contributed by atoms with Crippen LogP contribution in [0.5, 0.6) is 0 Å². The molecule has 2 N–H and O–H groups in total. The van der Waals surface area contributed by atoms with Gasteiger partial charge in [0.25, 0.3) is 0 Å². The van der Waals surface area contributed by atoms with Crippen LogP contribution in [0.1, 0.15) is 66.7 Å². The number of aliphatic carboxylic acids is 1. The normalized spacial score (nSPS) is 14.7. The van der Waals surface area contributed by atoms with Gasteiger partial charge in [0.05, 0.1) is 6.42 Å². The molecule has 31 heavy (non-hydrogen) atoms. The van der Waals surface area contributed by atoms with Gasteiger partial charge >= 0.3 is 5.97 Å². The molecule has 6 heteroatoms. The van der Waals surface area contributed by atoms with Gasteiger partial charge in [-0.05, 0) is 47.1 Å². The number of hydrogen-bond donors (Lipinski definition) is 2. The summed E-state index contributed by atoms with van der Waals surface area (Å²) in [5.74, 6) is -0.575. The molecule has 0 saturated heterocycles. The molecule has 0 aliphatic heterocycles. The third-order valence-electron chi connectivity index (χ3n) is 5.68. The van der Waals surface area contributed by atoms with E-state index < -0.39 is 5.97 Å². The number of nitrogens with one attached hydrogen (secondary N) is 1. The van der Waals surface area contributed by atoms with Gasteiger partial charge < -0.3 is 15.3 Å². The Morgan fingerprint density at radius 1 is 1.10 bits per heavy atom. The standard InChI is InChI=1S/C25H31FN2O3/c26-24-16-21(10-11-23(24)22-4-2-1-3-5-22)18-31-28-15-12-19-6-8-20(9-7-19)17-27-14-13-25(29)30/h6-11,15-16,22,27H,1-5,12-14,17-18H2,(H,29,30). The summed E-state index contributed by atoms with van der Waals surface area (Å²) in [5, 5.41) is 15.7. The van der Waals surface area contributed by atoms with Crippen LogP contribution in [0.4, 0.5) is 4.39 Å². The Kier molecular flexibility index (Phi) is 9.03. The topological polar surface area (TPSA) is 70.9 Å². The average molecular weight is 427 g/mol. The highest BCUT2D eigenvalue weighted by Crippen LogP contribution is 2.34. The Bertz CT molecular complexity index is 862. The van der Waals surface area contributed by atoms with E-state index in [9.17, 15) is 9.18 Å². The van der Waals surface area contributed by atoms with Crippen molar-refractivity contribution in [1.29, 1.82) is 0 Å². The van der Waals surface area contributed by atoms with Crippen molar-refractivity contribution in [2.45, 2.75) is 64.0 Å². The zero-order valence-corrected chi connectivity index (χ0v) is 17.9. The van der Waals surface area contributed by atoms with Crippen LogP contribution in [0.15, 0.2) is 47.6 Å². The van der Waals surface area contributed by atoms with Gasteiger partial charge in [0.2, 0.25) is 0 Å². The summed E-state index contributed by atoms with van der Waals surface area (Å²) in [4.78, 5) is 15.8. The molecule has 2 aromatic carbocycles. The first-order valence-corrected chi connectivity index (χ1v) is 11.0. The maximum atomic E-state index is 14.5. The van der Waals surface area contributed by atoms with E-state index in [-0.39, 0.29) is 18.8 Å². The van der Waals surface area contributed by atoms with E-state index in [0.717, 1.165) is 35.1 Å². The van der Waals surface area contributed by atoms with Crippen molar-refractivity contribution in [3.63, 3.8) is 0 Å². The number of halogens is 1. The molecule has 3 rings (SSSR count). The van der Waals surface area contributed by atoms with Gasteiger partial charge in [0, 0.05) is 25.7 Å². The monoisotopic (exact) mass is 426 g/mol. The number of benzene rings is 2. The number of hydrogen-bond acceptors (Lipinski definition) is 4. The van der Waals surface area contributed by atoms with Crippen molar-refractivity contribution in [3.05, 3.63) is 70.5 Å². The minimum Gasteiger partial charge on any atom is -0.481 e. The maximum absolute atomic E-state index is 14.5. The molecule has 0 amide bonds. The molecular weight excluding hydrogens is 395 g/mol. The molecule has 0 radical (unpaired) electrons. The summed E-state index contributed by atoms with van der Waals surface area (Å²) in [6.45, 7) is 1.34. The van der Waals surface area contributed by atoms with Crippen LogP contribution in [0, 0.1) is 5.82 Å². The van der Waals surface area contributed by atoms with Crippen molar-refractivity contribution >= 4 is 12.2 Å². The summed E-state index contributed by atoms with van der Waals surface area (Å²) in [5.41, 5.74) is 3.83. The third-order valence-corrected chi connectivity index (χ3v) is 5.68. The van der Waals surface area contributed by atoms with E-state index in [1.165, 1.54) is 19.3 Å². The highest BCUT2D eigenvalue weighted by Gasteiger charge is 2.18. The fourth-order valence-electron chi connectivity index (χ4n) is 3.93. The van der Waals surface area contributed by atoms with E-state index in [1.807, 2.05) is 36.4 Å². The van der Waals surface area contributed by atoms with Gasteiger partial charge in [-0.25, -0.2) is 4.39 Å². The molecule has 1 fully saturated rings. The van der Waals surface area contributed by atoms with Crippen molar-refractivity contribution in [1.82, 2.24) is 5.32 Å². The van der Waals surface area contributed by atoms with Crippen LogP contribution < -0.4 is 5.32 Å². The Labute approximate surface area is 183 Å². The third kappa shape index (κ3) is 7.79. The quantitative estimate of drug-likeness (QED) is 0.295. The van der Waals surface area contributed by atoms with Crippen LogP contribution in [0.2, 0.25) is 0 Å². The minimum atomic E-state index is -0.800. The lowest BCUT2D eigenvalue weighted by molar-refractivity contribution is -0.136. The fraction of sp³-hybridized carbons (Fsp3) is 0.440. The lowest BCUT2D eigenvalue weighted by atomic mass is 9.83. The Morgan fingerprint density at radius 2 is 1.81 bits per heavy atom. The fourth-order valence-corrected chi connectivity index (χ4v) is 3.93. The number of carboxylic acids is 1. The number of carboxylic acid groups (broad SMARTS) is 1. The number of carbonyl (C=O) groups is 1. The molecule has 0 unspecified atom stereocenters. The molecule has 0 spiro atoms. The first kappa shape index (κ1) is 22.9. The van der Waals surface area contributed by atoms with E-state index >= 15 is 0 Å². The minimum absolute atomic E-state index is 0.117. The van der Waals surface area contributed by atoms with Gasteiger partial charge in [-0.1, -0.05) is 60.8 Å². The summed E-state index contributed by atoms with van der Waals surface area (Å²) in [6.07, 6.45) is 8.27. The Morgan fingerprint density at radius 3 is 2.52 bits per heavy atom. The Balaban J connectivity index is 1.38. The van der Waals surface area contributed by atoms with Crippen LogP contribution in [0.3, 0.4) is 0 Å². The summed E-state index contributed by atoms with van der Waals surface area (Å²) >= 11 is 0. The van der Waals surface area contributed by atoms with E-state index in [2.05, 4.69) is 10.5 Å². The molecule has 5 nitrogen and oxygen atoms in total. The molecule has 1 saturated carbocycles. The predicted octanol–water partition coefficient (Wildman–Crippen LogP) is 5.18. The molecule has 1 aliphatic rings. The summed E-state index contributed by atoms with van der Waals surface area (Å²) < 4.78 is 14.5. The zero-order valence-electron chi connectivity index (χ0n) is 17.9. The first-order chi connectivity index (χ1) is 15.1. The van der Waals surface area contributed by atoms with Gasteiger partial charge in [0.15, 0.2) is 0 Å². The molecular formula is C25H31FN2O3. The lowest BCUT2D eigenvalue weighted by Crippen LogP contribution is -2.17. The smallest absolute Gasteiger partial charge is 0.304 e. The van der Waals surface area contributed by atoms with E-state index in [0.29, 0.717) is 25.4 Å². The first-order valence-electron chi connectivity index (χ1n) is 11.0. The van der Waals surface area contributed by atoms with E-state index in [1.54, 1.807) is 12.3 Å². The molecule has 0 heterocycles. The number of nitrogens with zero attached hydrogens (tertiary/aromatic N) is 1. The SMILES string of the molecule is O=C(O)CCNCc1ccc(CC=NOCc2ccc(C3CCCCC3)c(F)c2)cc1. The molecule has 1 aliphatic carbocycles. The largest absolute Gasteiger partial charge is 0.481 e. The van der Waals surface area contributed by atoms with Gasteiger partial charge in [0.1, 0.15) is 12.4 Å². The molecule has 0 aromatic heterocycles. The predicted molar refractivity (Wildman–Crippen MR) is 120 cm³/mol. The second-order valence-corrected chi connectivity index (χ2v) is 8.09. The Hall–Kier alpha value is -2.73. The van der Waals surface area contributed by atoms with Crippen molar-refractivity contribution in [3.8, 4) is 0 Å². The molecule has 2 aromatic rings. The van der Waals surface area contributed by atoms with Gasteiger partial charge in [-0.15, -0.1) is 0 Å². The molecule has 0 atom stereocenters. The van der Waals surface area contributed by atoms with Gasteiger partial charge in [-0.3, -0.25) is 4.79 Å². The summed E-state index contributed by atoms with van der Waals surface area (Å²) in [6, 6.07) is 13.5. The average Bonchev–Trinajstić information content (AvgIpc) is 2.78. The van der Waals surface area contributed by atoms with E-state index in [4.69, 9.17) is 9.94 Å².